The molecule has 3 heteroatoms. The van der Waals surface area contributed by atoms with Crippen LogP contribution in [0.5, 0.6) is 0 Å². The van der Waals surface area contributed by atoms with Gasteiger partial charge in [-0.15, -0.1) is 0 Å². The van der Waals surface area contributed by atoms with Gasteiger partial charge in [0.15, 0.2) is 11.6 Å². The fourth-order valence-electron chi connectivity index (χ4n) is 1.90. The molecule has 1 rings (SSSR count). The van der Waals surface area contributed by atoms with Crippen LogP contribution in [-0.2, 0) is 0 Å². The summed E-state index contributed by atoms with van der Waals surface area (Å²) < 4.78 is 26.0. The van der Waals surface area contributed by atoms with E-state index >= 15 is 0 Å². The van der Waals surface area contributed by atoms with Gasteiger partial charge in [0.1, 0.15) is 0 Å². The van der Waals surface area contributed by atoms with E-state index in [-0.39, 0.29) is 11.5 Å². The van der Waals surface area contributed by atoms with E-state index in [2.05, 4.69) is 26.1 Å². The van der Waals surface area contributed by atoms with E-state index in [0.717, 1.165) is 12.0 Å². The summed E-state index contributed by atoms with van der Waals surface area (Å²) in [5.74, 6) is -1.59. The Balaban J connectivity index is 3.09. The van der Waals surface area contributed by atoms with E-state index in [4.69, 9.17) is 0 Å². The highest BCUT2D eigenvalue weighted by Gasteiger charge is 2.28. The zero-order chi connectivity index (χ0) is 12.3. The molecule has 90 valence electrons. The Hall–Kier alpha value is -0.960. The van der Waals surface area contributed by atoms with Crippen molar-refractivity contribution in [1.29, 1.82) is 0 Å². The van der Waals surface area contributed by atoms with E-state index < -0.39 is 11.6 Å². The van der Waals surface area contributed by atoms with Crippen LogP contribution in [0.2, 0.25) is 0 Å². The Bertz CT molecular complexity index is 361. The first-order valence-corrected chi connectivity index (χ1v) is 5.54. The summed E-state index contributed by atoms with van der Waals surface area (Å²) in [6.45, 7) is 6.30. The lowest BCUT2D eigenvalue weighted by Gasteiger charge is -2.33. The van der Waals surface area contributed by atoms with Gasteiger partial charge in [-0.1, -0.05) is 26.8 Å². The standard InChI is InChI=1S/C13H19F2N/c1-5-13(2,3)12(16-4)9-6-7-10(14)11(15)8-9/h6-8,12,16H,5H2,1-4H3. The summed E-state index contributed by atoms with van der Waals surface area (Å²) in [7, 11) is 1.84. The minimum atomic E-state index is -0.798. The van der Waals surface area contributed by atoms with Crippen LogP contribution in [0.15, 0.2) is 18.2 Å². The fraction of sp³-hybridized carbons (Fsp3) is 0.538. The van der Waals surface area contributed by atoms with Crippen LogP contribution in [0.1, 0.15) is 38.8 Å². The van der Waals surface area contributed by atoms with Crippen molar-refractivity contribution in [3.8, 4) is 0 Å². The van der Waals surface area contributed by atoms with Crippen molar-refractivity contribution in [2.45, 2.75) is 33.2 Å². The molecule has 0 aliphatic carbocycles. The molecule has 1 nitrogen and oxygen atoms in total. The zero-order valence-electron chi connectivity index (χ0n) is 10.3. The Kier molecular flexibility index (Phi) is 4.03. The van der Waals surface area contributed by atoms with Gasteiger partial charge < -0.3 is 5.32 Å². The summed E-state index contributed by atoms with van der Waals surface area (Å²) >= 11 is 0. The number of benzene rings is 1. The maximum atomic E-state index is 13.2. The molecule has 0 spiro atoms. The van der Waals surface area contributed by atoms with Gasteiger partial charge in [0, 0.05) is 6.04 Å². The highest BCUT2D eigenvalue weighted by molar-refractivity contribution is 5.23. The van der Waals surface area contributed by atoms with Crippen LogP contribution in [0.4, 0.5) is 8.78 Å². The summed E-state index contributed by atoms with van der Waals surface area (Å²) in [5, 5.41) is 3.17. The molecule has 0 aliphatic rings. The molecule has 0 aromatic heterocycles. The average Bonchev–Trinajstić information content (AvgIpc) is 2.24. The van der Waals surface area contributed by atoms with E-state index in [1.807, 2.05) is 7.05 Å². The van der Waals surface area contributed by atoms with Crippen molar-refractivity contribution >= 4 is 0 Å². The van der Waals surface area contributed by atoms with Crippen LogP contribution in [-0.4, -0.2) is 7.05 Å². The third kappa shape index (κ3) is 2.59. The minimum Gasteiger partial charge on any atom is -0.313 e. The Morgan fingerprint density at radius 2 is 1.88 bits per heavy atom. The molecule has 1 atom stereocenters. The lowest BCUT2D eigenvalue weighted by molar-refractivity contribution is 0.244. The van der Waals surface area contributed by atoms with Crippen molar-refractivity contribution < 1.29 is 8.78 Å². The molecule has 1 aromatic rings. The predicted molar refractivity (Wildman–Crippen MR) is 62.2 cm³/mol. The molecule has 16 heavy (non-hydrogen) atoms. The lowest BCUT2D eigenvalue weighted by Crippen LogP contribution is -2.31. The van der Waals surface area contributed by atoms with Gasteiger partial charge in [0.25, 0.3) is 0 Å². The Morgan fingerprint density at radius 3 is 2.31 bits per heavy atom. The molecule has 0 bridgehead atoms. The van der Waals surface area contributed by atoms with E-state index in [1.54, 1.807) is 6.07 Å². The lowest BCUT2D eigenvalue weighted by atomic mass is 9.78. The molecule has 0 amide bonds. The quantitative estimate of drug-likeness (QED) is 0.827. The number of hydrogen-bond donors (Lipinski definition) is 1. The smallest absolute Gasteiger partial charge is 0.159 e. The fourth-order valence-corrected chi connectivity index (χ4v) is 1.90. The normalized spacial score (nSPS) is 13.9. The molecular weight excluding hydrogens is 208 g/mol. The van der Waals surface area contributed by atoms with Crippen LogP contribution >= 0.6 is 0 Å². The monoisotopic (exact) mass is 227 g/mol. The van der Waals surface area contributed by atoms with Crippen LogP contribution in [0.25, 0.3) is 0 Å². The topological polar surface area (TPSA) is 12.0 Å². The Labute approximate surface area is 95.9 Å². The molecule has 0 heterocycles. The van der Waals surface area contributed by atoms with Crippen LogP contribution < -0.4 is 5.32 Å². The summed E-state index contributed by atoms with van der Waals surface area (Å²) in [5.41, 5.74) is 0.784. The molecule has 0 saturated heterocycles. The largest absolute Gasteiger partial charge is 0.313 e. The Morgan fingerprint density at radius 1 is 1.25 bits per heavy atom. The van der Waals surface area contributed by atoms with Crippen molar-refractivity contribution in [1.82, 2.24) is 5.32 Å². The third-order valence-corrected chi connectivity index (χ3v) is 3.26. The number of rotatable bonds is 4. The molecule has 0 saturated carbocycles. The first-order valence-electron chi connectivity index (χ1n) is 5.54. The highest BCUT2D eigenvalue weighted by atomic mass is 19.2. The first-order chi connectivity index (χ1) is 7.42. The van der Waals surface area contributed by atoms with Gasteiger partial charge >= 0.3 is 0 Å². The molecule has 0 fully saturated rings. The van der Waals surface area contributed by atoms with Gasteiger partial charge in [-0.3, -0.25) is 0 Å². The van der Waals surface area contributed by atoms with Gasteiger partial charge in [-0.25, -0.2) is 8.78 Å². The first kappa shape index (κ1) is 13.1. The number of halogens is 2. The third-order valence-electron chi connectivity index (χ3n) is 3.26. The number of nitrogens with one attached hydrogen (secondary N) is 1. The van der Waals surface area contributed by atoms with Gasteiger partial charge in [0.05, 0.1) is 0 Å². The molecule has 0 aliphatic heterocycles. The van der Waals surface area contributed by atoms with Crippen molar-refractivity contribution in [3.63, 3.8) is 0 Å². The molecule has 1 N–H and O–H groups in total. The molecule has 1 unspecified atom stereocenters. The molecular formula is C13H19F2N. The summed E-state index contributed by atoms with van der Waals surface area (Å²) in [6, 6.07) is 4.11. The van der Waals surface area contributed by atoms with Gasteiger partial charge in [0.2, 0.25) is 0 Å². The van der Waals surface area contributed by atoms with Crippen LogP contribution in [0.3, 0.4) is 0 Å². The van der Waals surface area contributed by atoms with E-state index in [0.29, 0.717) is 0 Å². The van der Waals surface area contributed by atoms with Crippen LogP contribution in [0, 0.1) is 17.0 Å². The average molecular weight is 227 g/mol. The van der Waals surface area contributed by atoms with Gasteiger partial charge in [-0.05, 0) is 36.6 Å². The van der Waals surface area contributed by atoms with E-state index in [9.17, 15) is 8.78 Å². The second-order valence-corrected chi connectivity index (χ2v) is 4.74. The number of hydrogen-bond acceptors (Lipinski definition) is 1. The van der Waals surface area contributed by atoms with E-state index in [1.165, 1.54) is 12.1 Å². The maximum Gasteiger partial charge on any atom is 0.159 e. The second-order valence-electron chi connectivity index (χ2n) is 4.74. The van der Waals surface area contributed by atoms with Gasteiger partial charge in [-0.2, -0.15) is 0 Å². The molecule has 0 radical (unpaired) electrons. The maximum absolute atomic E-state index is 13.2. The SMILES string of the molecule is CCC(C)(C)C(NC)c1ccc(F)c(F)c1. The van der Waals surface area contributed by atoms with Crippen molar-refractivity contribution in [3.05, 3.63) is 35.4 Å². The highest BCUT2D eigenvalue weighted by Crippen LogP contribution is 2.36. The molecule has 1 aromatic carbocycles. The van der Waals surface area contributed by atoms with Crippen molar-refractivity contribution in [2.24, 2.45) is 5.41 Å². The summed E-state index contributed by atoms with van der Waals surface area (Å²) in [6.07, 6.45) is 0.956. The van der Waals surface area contributed by atoms with Crippen molar-refractivity contribution in [2.75, 3.05) is 7.05 Å². The predicted octanol–water partition coefficient (Wildman–Crippen LogP) is 3.66. The zero-order valence-corrected chi connectivity index (χ0v) is 10.3. The minimum absolute atomic E-state index is 0.000973. The summed E-state index contributed by atoms with van der Waals surface area (Å²) in [4.78, 5) is 0. The second kappa shape index (κ2) is 4.91.